The summed E-state index contributed by atoms with van der Waals surface area (Å²) in [5.74, 6) is -1.81. The van der Waals surface area contributed by atoms with Gasteiger partial charge >= 0.3 is 5.97 Å². The lowest BCUT2D eigenvalue weighted by atomic mass is 10.1. The van der Waals surface area contributed by atoms with Crippen LogP contribution in [0.4, 0.5) is 13.2 Å². The molecule has 3 nitrogen and oxygen atoms in total. The summed E-state index contributed by atoms with van der Waals surface area (Å²) in [6.45, 7) is 1.69. The highest BCUT2D eigenvalue weighted by molar-refractivity contribution is 14.1. The highest BCUT2D eigenvalue weighted by atomic mass is 127. The number of aromatic nitrogens is 1. The zero-order chi connectivity index (χ0) is 13.0. The number of nitrogens with zero attached hydrogens (tertiary/aromatic N) is 1. The van der Waals surface area contributed by atoms with Crippen LogP contribution < -0.4 is 0 Å². The first-order valence-electron chi connectivity index (χ1n) is 4.73. The van der Waals surface area contributed by atoms with E-state index in [4.69, 9.17) is 0 Å². The zero-order valence-corrected chi connectivity index (χ0v) is 11.0. The van der Waals surface area contributed by atoms with Gasteiger partial charge in [-0.2, -0.15) is 4.39 Å². The van der Waals surface area contributed by atoms with Crippen LogP contribution in [0.25, 0.3) is 0 Å². The SMILES string of the molecule is CCOC(=O)Cc1c(F)ncc(I)c1C(F)F. The molecule has 1 rings (SSSR count). The molecule has 1 aromatic heterocycles. The summed E-state index contributed by atoms with van der Waals surface area (Å²) in [5.41, 5.74) is -0.892. The number of hydrogen-bond donors (Lipinski definition) is 0. The molecule has 0 bridgehead atoms. The Morgan fingerprint density at radius 3 is 2.76 bits per heavy atom. The van der Waals surface area contributed by atoms with Crippen LogP contribution in [0.5, 0.6) is 0 Å². The second-order valence-electron chi connectivity index (χ2n) is 3.07. The van der Waals surface area contributed by atoms with Crippen molar-refractivity contribution in [3.63, 3.8) is 0 Å². The van der Waals surface area contributed by atoms with Gasteiger partial charge in [-0.15, -0.1) is 0 Å². The summed E-state index contributed by atoms with van der Waals surface area (Å²) in [4.78, 5) is 14.5. The molecule has 0 amide bonds. The molecule has 0 radical (unpaired) electrons. The van der Waals surface area contributed by atoms with Gasteiger partial charge in [-0.05, 0) is 29.5 Å². The first kappa shape index (κ1) is 14.2. The van der Waals surface area contributed by atoms with E-state index in [1.54, 1.807) is 29.5 Å². The summed E-state index contributed by atoms with van der Waals surface area (Å²) >= 11 is 1.62. The monoisotopic (exact) mass is 359 g/mol. The number of ether oxygens (including phenoxy) is 1. The zero-order valence-electron chi connectivity index (χ0n) is 8.84. The van der Waals surface area contributed by atoms with Crippen molar-refractivity contribution in [1.29, 1.82) is 0 Å². The Bertz CT molecular complexity index is 426. The lowest BCUT2D eigenvalue weighted by molar-refractivity contribution is -0.142. The van der Waals surface area contributed by atoms with E-state index in [2.05, 4.69) is 9.72 Å². The third-order valence-electron chi connectivity index (χ3n) is 1.97. The standard InChI is InChI=1S/C10H9F3INO2/c1-2-17-7(16)3-5-8(9(11)12)6(14)4-15-10(5)13/h4,9H,2-3H2,1H3. The van der Waals surface area contributed by atoms with Gasteiger partial charge in [0.25, 0.3) is 6.43 Å². The Balaban J connectivity index is 3.12. The molecular formula is C10H9F3INO2. The van der Waals surface area contributed by atoms with Gasteiger partial charge in [-0.3, -0.25) is 4.79 Å². The van der Waals surface area contributed by atoms with Gasteiger partial charge in [-0.25, -0.2) is 13.8 Å². The van der Waals surface area contributed by atoms with Gasteiger partial charge in [0, 0.05) is 20.9 Å². The third-order valence-corrected chi connectivity index (χ3v) is 2.83. The van der Waals surface area contributed by atoms with Crippen molar-refractivity contribution in [3.8, 4) is 0 Å². The molecule has 0 N–H and O–H groups in total. The highest BCUT2D eigenvalue weighted by Gasteiger charge is 2.23. The minimum absolute atomic E-state index is 0.113. The molecule has 0 aliphatic heterocycles. The van der Waals surface area contributed by atoms with Crippen LogP contribution >= 0.6 is 22.6 Å². The molecular weight excluding hydrogens is 350 g/mol. The number of rotatable bonds is 4. The van der Waals surface area contributed by atoms with Crippen molar-refractivity contribution in [2.45, 2.75) is 19.8 Å². The molecule has 0 spiro atoms. The first-order chi connectivity index (χ1) is 7.97. The van der Waals surface area contributed by atoms with Crippen LogP contribution in [0, 0.1) is 9.52 Å². The van der Waals surface area contributed by atoms with Crippen molar-refractivity contribution in [1.82, 2.24) is 4.98 Å². The molecule has 0 atom stereocenters. The van der Waals surface area contributed by atoms with E-state index in [1.165, 1.54) is 0 Å². The van der Waals surface area contributed by atoms with Crippen LogP contribution in [0.2, 0.25) is 0 Å². The molecule has 0 aromatic carbocycles. The maximum absolute atomic E-state index is 13.3. The Hall–Kier alpha value is -0.860. The van der Waals surface area contributed by atoms with Crippen molar-refractivity contribution in [2.75, 3.05) is 6.61 Å². The molecule has 0 aliphatic rings. The molecule has 0 unspecified atom stereocenters. The molecule has 1 aromatic rings. The van der Waals surface area contributed by atoms with Gasteiger partial charge in [0.05, 0.1) is 13.0 Å². The Morgan fingerprint density at radius 2 is 2.24 bits per heavy atom. The van der Waals surface area contributed by atoms with E-state index in [-0.39, 0.29) is 10.2 Å². The number of alkyl halides is 2. The second kappa shape index (κ2) is 6.18. The molecule has 0 aliphatic carbocycles. The lowest BCUT2D eigenvalue weighted by Crippen LogP contribution is -2.13. The second-order valence-corrected chi connectivity index (χ2v) is 4.23. The minimum atomic E-state index is -2.86. The maximum Gasteiger partial charge on any atom is 0.310 e. The van der Waals surface area contributed by atoms with E-state index in [1.807, 2.05) is 0 Å². The van der Waals surface area contributed by atoms with E-state index in [0.29, 0.717) is 0 Å². The molecule has 0 saturated carbocycles. The number of pyridine rings is 1. The maximum atomic E-state index is 13.3. The molecule has 17 heavy (non-hydrogen) atoms. The summed E-state index contributed by atoms with van der Waals surface area (Å²) in [5, 5.41) is 0. The average molecular weight is 359 g/mol. The van der Waals surface area contributed by atoms with Gasteiger partial charge in [-0.1, -0.05) is 0 Å². The number of esters is 1. The molecule has 1 heterocycles. The summed E-state index contributed by atoms with van der Waals surface area (Å²) in [6.07, 6.45) is -2.39. The number of halogens is 4. The lowest BCUT2D eigenvalue weighted by Gasteiger charge is -2.10. The highest BCUT2D eigenvalue weighted by Crippen LogP contribution is 2.29. The van der Waals surface area contributed by atoms with Crippen molar-refractivity contribution in [2.24, 2.45) is 0 Å². The van der Waals surface area contributed by atoms with E-state index >= 15 is 0 Å². The Morgan fingerprint density at radius 1 is 1.59 bits per heavy atom. The summed E-state index contributed by atoms with van der Waals surface area (Å²) in [6, 6.07) is 0. The topological polar surface area (TPSA) is 39.2 Å². The van der Waals surface area contributed by atoms with Gasteiger partial charge < -0.3 is 4.74 Å². The third kappa shape index (κ3) is 3.55. The summed E-state index contributed by atoms with van der Waals surface area (Å²) < 4.78 is 43.6. The summed E-state index contributed by atoms with van der Waals surface area (Å²) in [7, 11) is 0. The fourth-order valence-corrected chi connectivity index (χ4v) is 1.98. The van der Waals surface area contributed by atoms with Gasteiger partial charge in [0.1, 0.15) is 0 Å². The van der Waals surface area contributed by atoms with Crippen LogP contribution in [0.15, 0.2) is 6.20 Å². The number of carbonyl (C=O) groups is 1. The van der Waals surface area contributed by atoms with E-state index < -0.39 is 35.9 Å². The Kier molecular flexibility index (Phi) is 5.16. The predicted octanol–water partition coefficient (Wildman–Crippen LogP) is 2.87. The van der Waals surface area contributed by atoms with Crippen molar-refractivity contribution >= 4 is 28.6 Å². The van der Waals surface area contributed by atoms with Crippen LogP contribution in [-0.4, -0.2) is 17.6 Å². The number of carbonyl (C=O) groups excluding carboxylic acids is 1. The predicted molar refractivity (Wildman–Crippen MR) is 62.2 cm³/mol. The minimum Gasteiger partial charge on any atom is -0.466 e. The van der Waals surface area contributed by atoms with Crippen LogP contribution in [-0.2, 0) is 16.0 Å². The molecule has 0 fully saturated rings. The largest absolute Gasteiger partial charge is 0.466 e. The molecule has 7 heteroatoms. The van der Waals surface area contributed by atoms with Crippen molar-refractivity contribution < 1.29 is 22.7 Å². The van der Waals surface area contributed by atoms with E-state index in [9.17, 15) is 18.0 Å². The van der Waals surface area contributed by atoms with E-state index in [0.717, 1.165) is 6.20 Å². The normalized spacial score (nSPS) is 10.7. The van der Waals surface area contributed by atoms with Gasteiger partial charge in [0.2, 0.25) is 5.95 Å². The smallest absolute Gasteiger partial charge is 0.310 e. The number of hydrogen-bond acceptors (Lipinski definition) is 3. The molecule has 0 saturated heterocycles. The quantitative estimate of drug-likeness (QED) is 0.472. The average Bonchev–Trinajstić information content (AvgIpc) is 2.23. The fourth-order valence-electron chi connectivity index (χ4n) is 1.28. The van der Waals surface area contributed by atoms with Crippen LogP contribution in [0.3, 0.4) is 0 Å². The fraction of sp³-hybridized carbons (Fsp3) is 0.400. The van der Waals surface area contributed by atoms with Crippen LogP contribution in [0.1, 0.15) is 24.5 Å². The van der Waals surface area contributed by atoms with Gasteiger partial charge in [0.15, 0.2) is 0 Å². The molecule has 94 valence electrons. The Labute approximate surface area is 110 Å². The first-order valence-corrected chi connectivity index (χ1v) is 5.81. The van der Waals surface area contributed by atoms with Crippen molar-refractivity contribution in [3.05, 3.63) is 26.8 Å².